The van der Waals surface area contributed by atoms with Gasteiger partial charge in [0, 0.05) is 32.7 Å². The molecule has 0 spiro atoms. The smallest absolute Gasteiger partial charge is 0.334 e. The normalized spacial score (nSPS) is 18.7. The number of β-amino-alcohol motifs (C(OH)–C–C–N with tert-alkyl or cyclic N) is 1. The van der Waals surface area contributed by atoms with Gasteiger partial charge in [-0.05, 0) is 13.8 Å². The van der Waals surface area contributed by atoms with Crippen LogP contribution in [-0.2, 0) is 4.79 Å². The summed E-state index contributed by atoms with van der Waals surface area (Å²) in [7, 11) is 0. The van der Waals surface area contributed by atoms with Crippen molar-refractivity contribution >= 4 is 12.0 Å². The summed E-state index contributed by atoms with van der Waals surface area (Å²) in [6.07, 6.45) is -1.59. The SMILES string of the molecule is CC(C)(O)CN1CCN(C(=O)NCC(O)C(=O)O)CC1. The van der Waals surface area contributed by atoms with Gasteiger partial charge in [0.25, 0.3) is 0 Å². The second kappa shape index (κ2) is 6.87. The molecule has 20 heavy (non-hydrogen) atoms. The van der Waals surface area contributed by atoms with Crippen LogP contribution in [0.15, 0.2) is 0 Å². The number of urea groups is 1. The van der Waals surface area contributed by atoms with Gasteiger partial charge in [-0.2, -0.15) is 0 Å². The summed E-state index contributed by atoms with van der Waals surface area (Å²) in [5.74, 6) is -1.36. The Morgan fingerprint density at radius 3 is 2.25 bits per heavy atom. The van der Waals surface area contributed by atoms with Crippen molar-refractivity contribution in [2.45, 2.75) is 25.6 Å². The topological polar surface area (TPSA) is 113 Å². The molecule has 1 saturated heterocycles. The first kappa shape index (κ1) is 16.7. The van der Waals surface area contributed by atoms with Crippen LogP contribution in [0, 0.1) is 0 Å². The number of carbonyl (C=O) groups excluding carboxylic acids is 1. The van der Waals surface area contributed by atoms with E-state index in [1.807, 2.05) is 0 Å². The Morgan fingerprint density at radius 1 is 1.25 bits per heavy atom. The average Bonchev–Trinajstić information content (AvgIpc) is 2.34. The van der Waals surface area contributed by atoms with Crippen molar-refractivity contribution in [1.82, 2.24) is 15.1 Å². The minimum Gasteiger partial charge on any atom is -0.479 e. The second-order valence-corrected chi connectivity index (χ2v) is 5.62. The highest BCUT2D eigenvalue weighted by molar-refractivity contribution is 5.76. The minimum absolute atomic E-state index is 0.307. The molecule has 1 atom stereocenters. The summed E-state index contributed by atoms with van der Waals surface area (Å²) < 4.78 is 0. The molecule has 1 rings (SSSR count). The maximum atomic E-state index is 11.8. The van der Waals surface area contributed by atoms with E-state index in [4.69, 9.17) is 10.2 Å². The van der Waals surface area contributed by atoms with Gasteiger partial charge in [-0.25, -0.2) is 9.59 Å². The van der Waals surface area contributed by atoms with Crippen LogP contribution in [0.25, 0.3) is 0 Å². The Bertz CT molecular complexity index is 347. The summed E-state index contributed by atoms with van der Waals surface area (Å²) >= 11 is 0. The Hall–Kier alpha value is -1.38. The van der Waals surface area contributed by atoms with Crippen molar-refractivity contribution < 1.29 is 24.9 Å². The summed E-state index contributed by atoms with van der Waals surface area (Å²) in [5.41, 5.74) is -0.768. The van der Waals surface area contributed by atoms with Crippen molar-refractivity contribution in [3.63, 3.8) is 0 Å². The number of aliphatic hydroxyl groups is 2. The van der Waals surface area contributed by atoms with Crippen LogP contribution >= 0.6 is 0 Å². The molecular formula is C12H23N3O5. The average molecular weight is 289 g/mol. The van der Waals surface area contributed by atoms with E-state index < -0.39 is 17.7 Å². The van der Waals surface area contributed by atoms with E-state index in [1.54, 1.807) is 18.7 Å². The number of nitrogens with zero attached hydrogens (tertiary/aromatic N) is 2. The summed E-state index contributed by atoms with van der Waals surface area (Å²) in [6.45, 7) is 6.02. The predicted octanol–water partition coefficient (Wildman–Crippen LogP) is -1.47. The molecule has 0 aromatic rings. The van der Waals surface area contributed by atoms with Crippen LogP contribution in [0.5, 0.6) is 0 Å². The molecule has 0 radical (unpaired) electrons. The van der Waals surface area contributed by atoms with Crippen LogP contribution in [-0.4, -0.2) is 88.1 Å². The van der Waals surface area contributed by atoms with E-state index in [2.05, 4.69) is 10.2 Å². The molecule has 0 aromatic carbocycles. The first-order valence-electron chi connectivity index (χ1n) is 6.57. The van der Waals surface area contributed by atoms with E-state index in [1.165, 1.54) is 0 Å². The summed E-state index contributed by atoms with van der Waals surface area (Å²) in [4.78, 5) is 25.8. The second-order valence-electron chi connectivity index (χ2n) is 5.62. The van der Waals surface area contributed by atoms with Gasteiger partial charge in [0.1, 0.15) is 0 Å². The number of aliphatic carboxylic acids is 1. The molecule has 4 N–H and O–H groups in total. The molecule has 1 heterocycles. The summed E-state index contributed by atoms with van der Waals surface area (Å²) in [5, 5.41) is 29.7. The van der Waals surface area contributed by atoms with Gasteiger partial charge in [0.2, 0.25) is 0 Å². The van der Waals surface area contributed by atoms with E-state index in [-0.39, 0.29) is 12.6 Å². The molecule has 0 aliphatic carbocycles. The molecule has 0 bridgehead atoms. The van der Waals surface area contributed by atoms with Crippen molar-refractivity contribution in [1.29, 1.82) is 0 Å². The zero-order valence-electron chi connectivity index (χ0n) is 11.9. The van der Waals surface area contributed by atoms with Crippen LogP contribution in [0.3, 0.4) is 0 Å². The maximum Gasteiger partial charge on any atom is 0.334 e. The van der Waals surface area contributed by atoms with E-state index in [0.717, 1.165) is 0 Å². The number of carbonyl (C=O) groups is 2. The number of hydrogen-bond acceptors (Lipinski definition) is 5. The van der Waals surface area contributed by atoms with Crippen LogP contribution < -0.4 is 5.32 Å². The fraction of sp³-hybridized carbons (Fsp3) is 0.833. The lowest BCUT2D eigenvalue weighted by Crippen LogP contribution is -2.54. The van der Waals surface area contributed by atoms with Crippen LogP contribution in [0.1, 0.15) is 13.8 Å². The fourth-order valence-electron chi connectivity index (χ4n) is 2.04. The first-order chi connectivity index (χ1) is 9.19. The third-order valence-corrected chi connectivity index (χ3v) is 3.00. The molecule has 2 amide bonds. The Labute approximate surface area is 118 Å². The van der Waals surface area contributed by atoms with Crippen molar-refractivity contribution in [3.05, 3.63) is 0 Å². The molecule has 1 unspecified atom stereocenters. The monoisotopic (exact) mass is 289 g/mol. The molecule has 0 aromatic heterocycles. The van der Waals surface area contributed by atoms with Gasteiger partial charge in [-0.15, -0.1) is 0 Å². The number of amides is 2. The fourth-order valence-corrected chi connectivity index (χ4v) is 2.04. The standard InChI is InChI=1S/C12H23N3O5/c1-12(2,20)8-14-3-5-15(6-4-14)11(19)13-7-9(16)10(17)18/h9,16,20H,3-8H2,1-2H3,(H,13,19)(H,17,18). The van der Waals surface area contributed by atoms with Gasteiger partial charge in [0.05, 0.1) is 12.1 Å². The number of carboxylic acid groups (broad SMARTS) is 1. The molecule has 1 aliphatic rings. The predicted molar refractivity (Wildman–Crippen MR) is 71.4 cm³/mol. The Kier molecular flexibility index (Phi) is 5.73. The van der Waals surface area contributed by atoms with E-state index in [0.29, 0.717) is 32.7 Å². The number of nitrogens with one attached hydrogen (secondary N) is 1. The molecule has 1 fully saturated rings. The van der Waals surface area contributed by atoms with Crippen LogP contribution in [0.4, 0.5) is 4.79 Å². The number of carboxylic acids is 1. The van der Waals surface area contributed by atoms with Gasteiger partial charge < -0.3 is 25.5 Å². The third kappa shape index (κ3) is 5.72. The maximum absolute atomic E-state index is 11.8. The highest BCUT2D eigenvalue weighted by Crippen LogP contribution is 2.08. The lowest BCUT2D eigenvalue weighted by Gasteiger charge is -2.37. The largest absolute Gasteiger partial charge is 0.479 e. The lowest BCUT2D eigenvalue weighted by molar-refractivity contribution is -0.146. The molecule has 1 aliphatic heterocycles. The number of hydrogen-bond donors (Lipinski definition) is 4. The minimum atomic E-state index is -1.59. The molecule has 8 nitrogen and oxygen atoms in total. The summed E-state index contributed by atoms with van der Waals surface area (Å²) in [6, 6.07) is -0.381. The van der Waals surface area contributed by atoms with E-state index >= 15 is 0 Å². The number of rotatable bonds is 5. The molecule has 0 saturated carbocycles. The van der Waals surface area contributed by atoms with E-state index in [9.17, 15) is 14.7 Å². The zero-order valence-corrected chi connectivity index (χ0v) is 11.9. The van der Waals surface area contributed by atoms with Gasteiger partial charge in [0.15, 0.2) is 6.10 Å². The third-order valence-electron chi connectivity index (χ3n) is 3.00. The zero-order chi connectivity index (χ0) is 15.3. The molecule has 116 valence electrons. The van der Waals surface area contributed by atoms with Gasteiger partial charge >= 0.3 is 12.0 Å². The highest BCUT2D eigenvalue weighted by atomic mass is 16.4. The Morgan fingerprint density at radius 2 is 1.80 bits per heavy atom. The number of piperazine rings is 1. The molecular weight excluding hydrogens is 266 g/mol. The number of aliphatic hydroxyl groups excluding tert-OH is 1. The van der Waals surface area contributed by atoms with Crippen molar-refractivity contribution in [2.24, 2.45) is 0 Å². The highest BCUT2D eigenvalue weighted by Gasteiger charge is 2.25. The van der Waals surface area contributed by atoms with Crippen LogP contribution in [0.2, 0.25) is 0 Å². The quantitative estimate of drug-likeness (QED) is 0.491. The first-order valence-corrected chi connectivity index (χ1v) is 6.57. The molecule has 8 heteroatoms. The Balaban J connectivity index is 2.30. The lowest BCUT2D eigenvalue weighted by atomic mass is 10.1. The van der Waals surface area contributed by atoms with Gasteiger partial charge in [-0.1, -0.05) is 0 Å². The van der Waals surface area contributed by atoms with Crippen molar-refractivity contribution in [2.75, 3.05) is 39.3 Å². The van der Waals surface area contributed by atoms with Gasteiger partial charge in [-0.3, -0.25) is 4.90 Å². The van der Waals surface area contributed by atoms with Crippen molar-refractivity contribution in [3.8, 4) is 0 Å².